The Bertz CT molecular complexity index is 1250. The van der Waals surface area contributed by atoms with Gasteiger partial charge in [-0.15, -0.1) is 0 Å². The Kier molecular flexibility index (Phi) is 6.67. The van der Waals surface area contributed by atoms with E-state index in [4.69, 9.17) is 26.4 Å². The van der Waals surface area contributed by atoms with Crippen LogP contribution in [0.4, 0.5) is 5.69 Å². The molecule has 0 saturated heterocycles. The van der Waals surface area contributed by atoms with E-state index < -0.39 is 0 Å². The predicted octanol–water partition coefficient (Wildman–Crippen LogP) is 5.80. The molecule has 1 N–H and O–H groups in total. The molecule has 4 aromatic rings. The normalized spacial score (nSPS) is 11.0. The number of fused-ring (bicyclic) bond motifs is 1. The number of hydrogen-bond donors (Lipinski definition) is 1. The number of carbonyl (C=O) groups is 1. The van der Waals surface area contributed by atoms with Crippen LogP contribution >= 0.6 is 23.4 Å². The predicted molar refractivity (Wildman–Crippen MR) is 130 cm³/mol. The Morgan fingerprint density at radius 2 is 1.84 bits per heavy atom. The van der Waals surface area contributed by atoms with Crippen LogP contribution in [-0.2, 0) is 4.79 Å². The number of carbonyl (C=O) groups excluding carboxylic acids is 1. The Balaban J connectivity index is 1.53. The van der Waals surface area contributed by atoms with Crippen molar-refractivity contribution in [3.8, 4) is 16.9 Å². The third-order valence-electron chi connectivity index (χ3n) is 4.79. The molecule has 164 valence electrons. The monoisotopic (exact) mass is 466 g/mol. The summed E-state index contributed by atoms with van der Waals surface area (Å²) in [5.74, 6) is 0.935. The Morgan fingerprint density at radius 1 is 1.12 bits per heavy atom. The highest BCUT2D eigenvalue weighted by atomic mass is 35.5. The summed E-state index contributed by atoms with van der Waals surface area (Å²) < 4.78 is 7.24. The van der Waals surface area contributed by atoms with Gasteiger partial charge in [-0.05, 0) is 68.8 Å². The summed E-state index contributed by atoms with van der Waals surface area (Å²) >= 11 is 7.47. The zero-order chi connectivity index (χ0) is 22.7. The average Bonchev–Trinajstić information content (AvgIpc) is 3.10. The zero-order valence-corrected chi connectivity index (χ0v) is 19.6. The lowest BCUT2D eigenvalue weighted by Crippen LogP contribution is -2.14. The number of nitrogens with zero attached hydrogens (tertiary/aromatic N) is 3. The van der Waals surface area contributed by atoms with Crippen molar-refractivity contribution >= 4 is 40.6 Å². The van der Waals surface area contributed by atoms with Crippen LogP contribution in [0.1, 0.15) is 18.3 Å². The summed E-state index contributed by atoms with van der Waals surface area (Å²) in [5.41, 5.74) is 5.19. The van der Waals surface area contributed by atoms with Gasteiger partial charge in [0, 0.05) is 22.0 Å². The molecule has 8 heteroatoms. The molecule has 1 amide bonds. The van der Waals surface area contributed by atoms with Gasteiger partial charge in [-0.1, -0.05) is 35.5 Å². The number of benzene rings is 2. The molecule has 2 aromatic heterocycles. The molecule has 32 heavy (non-hydrogen) atoms. The summed E-state index contributed by atoms with van der Waals surface area (Å²) in [4.78, 5) is 17.2. The molecule has 2 aromatic carbocycles. The second-order valence-corrected chi connectivity index (χ2v) is 8.66. The molecule has 4 rings (SSSR count). The average molecular weight is 467 g/mol. The van der Waals surface area contributed by atoms with Crippen molar-refractivity contribution < 1.29 is 9.53 Å². The fourth-order valence-corrected chi connectivity index (χ4v) is 4.39. The zero-order valence-electron chi connectivity index (χ0n) is 18.1. The van der Waals surface area contributed by atoms with Crippen LogP contribution in [0.2, 0.25) is 5.02 Å². The Hall–Kier alpha value is -3.03. The van der Waals surface area contributed by atoms with Crippen LogP contribution in [-0.4, -0.2) is 32.9 Å². The maximum atomic E-state index is 12.5. The van der Waals surface area contributed by atoms with Gasteiger partial charge in [0.05, 0.1) is 18.1 Å². The van der Waals surface area contributed by atoms with E-state index in [9.17, 15) is 4.79 Å². The molecule has 0 radical (unpaired) electrons. The summed E-state index contributed by atoms with van der Waals surface area (Å²) in [6.07, 6.45) is 0. The number of aromatic nitrogens is 3. The largest absolute Gasteiger partial charge is 0.494 e. The standard InChI is InChI=1S/C24H23ClN4O2S/c1-4-31-20-11-9-19(10-12-20)27-21(30)14-32-22-13-15(2)26-24-23(16(3)28-29(22)24)17-5-7-18(25)8-6-17/h5-13H,4,14H2,1-3H3,(H,27,30). The van der Waals surface area contributed by atoms with Gasteiger partial charge in [0.1, 0.15) is 10.8 Å². The first-order valence-electron chi connectivity index (χ1n) is 10.2. The summed E-state index contributed by atoms with van der Waals surface area (Å²) in [7, 11) is 0. The van der Waals surface area contributed by atoms with E-state index in [0.29, 0.717) is 11.6 Å². The van der Waals surface area contributed by atoms with E-state index in [0.717, 1.165) is 44.6 Å². The van der Waals surface area contributed by atoms with Crippen molar-refractivity contribution in [2.24, 2.45) is 0 Å². The summed E-state index contributed by atoms with van der Waals surface area (Å²) in [6, 6.07) is 16.9. The number of anilines is 1. The lowest BCUT2D eigenvalue weighted by Gasteiger charge is -2.09. The van der Waals surface area contributed by atoms with Gasteiger partial charge in [0.25, 0.3) is 0 Å². The molecule has 0 aliphatic carbocycles. The smallest absolute Gasteiger partial charge is 0.234 e. The number of halogens is 1. The van der Waals surface area contributed by atoms with E-state index in [1.54, 1.807) is 4.52 Å². The van der Waals surface area contributed by atoms with Crippen LogP contribution in [0.5, 0.6) is 5.75 Å². The Morgan fingerprint density at radius 3 is 2.53 bits per heavy atom. The van der Waals surface area contributed by atoms with Crippen LogP contribution in [0.15, 0.2) is 59.6 Å². The minimum absolute atomic E-state index is 0.0939. The molecule has 2 heterocycles. The minimum Gasteiger partial charge on any atom is -0.494 e. The highest BCUT2D eigenvalue weighted by molar-refractivity contribution is 7.99. The van der Waals surface area contributed by atoms with E-state index in [2.05, 4.69) is 5.32 Å². The van der Waals surface area contributed by atoms with Crippen molar-refractivity contribution in [3.05, 3.63) is 71.0 Å². The van der Waals surface area contributed by atoms with Gasteiger partial charge >= 0.3 is 0 Å². The number of thioether (sulfide) groups is 1. The second kappa shape index (κ2) is 9.63. The van der Waals surface area contributed by atoms with Crippen LogP contribution in [0.3, 0.4) is 0 Å². The third-order valence-corrected chi connectivity index (χ3v) is 6.04. The minimum atomic E-state index is -0.0939. The molecule has 0 aliphatic heterocycles. The number of ether oxygens (including phenoxy) is 1. The second-order valence-electron chi connectivity index (χ2n) is 7.23. The van der Waals surface area contributed by atoms with Crippen LogP contribution in [0, 0.1) is 13.8 Å². The molecule has 0 fully saturated rings. The van der Waals surface area contributed by atoms with Crippen molar-refractivity contribution in [1.82, 2.24) is 14.6 Å². The number of rotatable bonds is 7. The number of aryl methyl sites for hydroxylation is 2. The highest BCUT2D eigenvalue weighted by Crippen LogP contribution is 2.31. The lowest BCUT2D eigenvalue weighted by atomic mass is 10.1. The molecule has 6 nitrogen and oxygen atoms in total. The maximum absolute atomic E-state index is 12.5. The number of nitrogens with one attached hydrogen (secondary N) is 1. The van der Waals surface area contributed by atoms with E-state index in [1.807, 2.05) is 75.4 Å². The van der Waals surface area contributed by atoms with Crippen molar-refractivity contribution in [2.75, 3.05) is 17.7 Å². The molecule has 0 atom stereocenters. The molecule has 0 aliphatic rings. The van der Waals surface area contributed by atoms with E-state index in [-0.39, 0.29) is 11.7 Å². The van der Waals surface area contributed by atoms with Crippen molar-refractivity contribution in [2.45, 2.75) is 25.8 Å². The fourth-order valence-electron chi connectivity index (χ4n) is 3.41. The van der Waals surface area contributed by atoms with E-state index in [1.165, 1.54) is 11.8 Å². The summed E-state index contributed by atoms with van der Waals surface area (Å²) in [6.45, 7) is 6.44. The highest BCUT2D eigenvalue weighted by Gasteiger charge is 2.17. The third kappa shape index (κ3) is 4.89. The fraction of sp³-hybridized carbons (Fsp3) is 0.208. The van der Waals surface area contributed by atoms with E-state index >= 15 is 0 Å². The van der Waals surface area contributed by atoms with Crippen LogP contribution in [0.25, 0.3) is 16.8 Å². The summed E-state index contributed by atoms with van der Waals surface area (Å²) in [5, 5.41) is 9.16. The first kappa shape index (κ1) is 22.2. The van der Waals surface area contributed by atoms with Gasteiger partial charge in [-0.3, -0.25) is 4.79 Å². The quantitative estimate of drug-likeness (QED) is 0.275. The first-order valence-corrected chi connectivity index (χ1v) is 11.6. The lowest BCUT2D eigenvalue weighted by molar-refractivity contribution is -0.113. The van der Waals surface area contributed by atoms with Gasteiger partial charge in [-0.2, -0.15) is 5.10 Å². The first-order chi connectivity index (χ1) is 15.4. The SMILES string of the molecule is CCOc1ccc(NC(=O)CSc2cc(C)nc3c(-c4ccc(Cl)cc4)c(C)nn23)cc1. The van der Waals surface area contributed by atoms with Gasteiger partial charge in [-0.25, -0.2) is 9.50 Å². The molecular weight excluding hydrogens is 444 g/mol. The molecule has 0 saturated carbocycles. The van der Waals surface area contributed by atoms with Gasteiger partial charge < -0.3 is 10.1 Å². The maximum Gasteiger partial charge on any atom is 0.234 e. The van der Waals surface area contributed by atoms with Gasteiger partial charge in [0.2, 0.25) is 5.91 Å². The molecule has 0 bridgehead atoms. The van der Waals surface area contributed by atoms with Crippen molar-refractivity contribution in [1.29, 1.82) is 0 Å². The number of amides is 1. The topological polar surface area (TPSA) is 68.5 Å². The molecule has 0 unspecified atom stereocenters. The van der Waals surface area contributed by atoms with Crippen molar-refractivity contribution in [3.63, 3.8) is 0 Å². The molecular formula is C24H23ClN4O2S. The Labute approximate surface area is 196 Å². The van der Waals surface area contributed by atoms with Crippen LogP contribution < -0.4 is 10.1 Å². The van der Waals surface area contributed by atoms with Gasteiger partial charge in [0.15, 0.2) is 5.65 Å². The number of hydrogen-bond acceptors (Lipinski definition) is 5. The molecule has 0 spiro atoms.